The van der Waals surface area contributed by atoms with Crippen LogP contribution in [0.4, 0.5) is 11.4 Å². The molecule has 2 aromatic carbocycles. The van der Waals surface area contributed by atoms with E-state index < -0.39 is 22.5 Å². The van der Waals surface area contributed by atoms with E-state index in [2.05, 4.69) is 5.32 Å². The van der Waals surface area contributed by atoms with Crippen LogP contribution in [0.2, 0.25) is 0 Å². The molecule has 0 aliphatic heterocycles. The Hall–Kier alpha value is -2.87. The number of hydrogen-bond acceptors (Lipinski definition) is 4. The summed E-state index contributed by atoms with van der Waals surface area (Å²) >= 11 is 0. The summed E-state index contributed by atoms with van der Waals surface area (Å²) in [6.07, 6.45) is 0. The van der Waals surface area contributed by atoms with E-state index in [1.165, 1.54) is 31.2 Å². The fourth-order valence-corrected chi connectivity index (χ4v) is 3.64. The minimum Gasteiger partial charge on any atom is -0.368 e. The lowest BCUT2D eigenvalue weighted by Crippen LogP contribution is -2.38. The molecular weight excluding hydrogens is 342 g/mol. The summed E-state index contributed by atoms with van der Waals surface area (Å²) < 4.78 is 26.8. The molecule has 0 atom stereocenters. The molecule has 25 heavy (non-hydrogen) atoms. The number of nitrogens with one attached hydrogen (secondary N) is 1. The first-order valence-electron chi connectivity index (χ1n) is 7.45. The summed E-state index contributed by atoms with van der Waals surface area (Å²) in [5.41, 5.74) is 7.00. The van der Waals surface area contributed by atoms with Gasteiger partial charge in [0.2, 0.25) is 11.8 Å². The molecule has 0 aliphatic rings. The van der Waals surface area contributed by atoms with Crippen LogP contribution in [0, 0.1) is 6.92 Å². The van der Waals surface area contributed by atoms with E-state index in [9.17, 15) is 18.0 Å². The monoisotopic (exact) mass is 361 g/mol. The van der Waals surface area contributed by atoms with Gasteiger partial charge in [-0.25, -0.2) is 8.42 Å². The number of nitrogens with zero attached hydrogens (tertiary/aromatic N) is 1. The average Bonchev–Trinajstić information content (AvgIpc) is 2.53. The zero-order valence-electron chi connectivity index (χ0n) is 13.9. The number of amides is 2. The van der Waals surface area contributed by atoms with Crippen molar-refractivity contribution in [1.29, 1.82) is 0 Å². The third-order valence-electron chi connectivity index (χ3n) is 3.38. The van der Waals surface area contributed by atoms with Crippen LogP contribution < -0.4 is 15.4 Å². The van der Waals surface area contributed by atoms with Gasteiger partial charge in [-0.15, -0.1) is 0 Å². The number of anilines is 2. The lowest BCUT2D eigenvalue weighted by molar-refractivity contribution is -0.116. The van der Waals surface area contributed by atoms with Gasteiger partial charge in [0.1, 0.15) is 6.54 Å². The highest BCUT2D eigenvalue weighted by Gasteiger charge is 2.26. The largest absolute Gasteiger partial charge is 0.368 e. The second kappa shape index (κ2) is 7.35. The Balaban J connectivity index is 2.42. The van der Waals surface area contributed by atoms with Crippen LogP contribution in [-0.2, 0) is 19.6 Å². The highest BCUT2D eigenvalue weighted by Crippen LogP contribution is 2.24. The molecule has 2 aromatic rings. The Bertz CT molecular complexity index is 875. The van der Waals surface area contributed by atoms with Crippen molar-refractivity contribution in [2.24, 2.45) is 5.73 Å². The van der Waals surface area contributed by atoms with Crippen LogP contribution in [0.5, 0.6) is 0 Å². The number of nitrogens with two attached hydrogens (primary N) is 1. The van der Waals surface area contributed by atoms with Crippen molar-refractivity contribution in [3.63, 3.8) is 0 Å². The topological polar surface area (TPSA) is 110 Å². The predicted molar refractivity (Wildman–Crippen MR) is 95.7 cm³/mol. The van der Waals surface area contributed by atoms with Crippen LogP contribution >= 0.6 is 0 Å². The molecule has 0 aliphatic carbocycles. The molecular formula is C17H19N3O4S. The molecule has 0 unspecified atom stereocenters. The maximum Gasteiger partial charge on any atom is 0.264 e. The van der Waals surface area contributed by atoms with E-state index in [1.807, 2.05) is 6.92 Å². The molecule has 0 heterocycles. The fourth-order valence-electron chi connectivity index (χ4n) is 2.21. The Morgan fingerprint density at radius 2 is 1.60 bits per heavy atom. The highest BCUT2D eigenvalue weighted by molar-refractivity contribution is 7.92. The Morgan fingerprint density at radius 3 is 2.08 bits per heavy atom. The predicted octanol–water partition coefficient (Wildman–Crippen LogP) is 1.63. The van der Waals surface area contributed by atoms with Crippen LogP contribution in [-0.4, -0.2) is 26.8 Å². The standard InChI is InChI=1S/C17H19N3O4S/c1-12-3-7-15(8-4-12)20(11-17(18)22)25(23,24)16-9-5-14(6-10-16)19-13(2)21/h3-10H,11H2,1-2H3,(H2,18,22)(H,19,21). The van der Waals surface area contributed by atoms with Gasteiger partial charge in [-0.3, -0.25) is 13.9 Å². The van der Waals surface area contributed by atoms with Gasteiger partial charge in [0.25, 0.3) is 10.0 Å². The third-order valence-corrected chi connectivity index (χ3v) is 5.17. The zero-order chi connectivity index (χ0) is 18.6. The van der Waals surface area contributed by atoms with E-state index in [4.69, 9.17) is 5.73 Å². The van der Waals surface area contributed by atoms with Gasteiger partial charge in [0.15, 0.2) is 0 Å². The molecule has 0 saturated heterocycles. The normalized spacial score (nSPS) is 11.0. The Labute approximate surface area is 146 Å². The average molecular weight is 361 g/mol. The molecule has 2 amide bonds. The van der Waals surface area contributed by atoms with E-state index in [-0.39, 0.29) is 10.8 Å². The molecule has 132 valence electrons. The van der Waals surface area contributed by atoms with Crippen molar-refractivity contribution in [3.05, 3.63) is 54.1 Å². The summed E-state index contributed by atoms with van der Waals surface area (Å²) in [5, 5.41) is 2.56. The van der Waals surface area contributed by atoms with Crippen molar-refractivity contribution >= 4 is 33.2 Å². The lowest BCUT2D eigenvalue weighted by atomic mass is 10.2. The molecule has 2 rings (SSSR count). The molecule has 0 bridgehead atoms. The molecule has 0 fully saturated rings. The number of aryl methyl sites for hydroxylation is 1. The second-order valence-corrected chi connectivity index (χ2v) is 7.38. The van der Waals surface area contributed by atoms with Gasteiger partial charge in [-0.1, -0.05) is 17.7 Å². The van der Waals surface area contributed by atoms with E-state index in [0.29, 0.717) is 11.4 Å². The quantitative estimate of drug-likeness (QED) is 0.815. The minimum atomic E-state index is -3.99. The first-order valence-corrected chi connectivity index (χ1v) is 8.89. The van der Waals surface area contributed by atoms with E-state index in [0.717, 1.165) is 9.87 Å². The zero-order valence-corrected chi connectivity index (χ0v) is 14.7. The number of primary amides is 1. The number of hydrogen-bond donors (Lipinski definition) is 2. The second-order valence-electron chi connectivity index (χ2n) is 5.52. The molecule has 0 radical (unpaired) electrons. The van der Waals surface area contributed by atoms with Crippen LogP contribution in [0.25, 0.3) is 0 Å². The molecule has 3 N–H and O–H groups in total. The summed E-state index contributed by atoms with van der Waals surface area (Å²) in [4.78, 5) is 22.4. The van der Waals surface area contributed by atoms with E-state index in [1.54, 1.807) is 24.3 Å². The molecule has 0 saturated carbocycles. The van der Waals surface area contributed by atoms with Crippen molar-refractivity contribution in [3.8, 4) is 0 Å². The highest BCUT2D eigenvalue weighted by atomic mass is 32.2. The van der Waals surface area contributed by atoms with Crippen LogP contribution in [0.1, 0.15) is 12.5 Å². The number of sulfonamides is 1. The summed E-state index contributed by atoms with van der Waals surface area (Å²) in [5.74, 6) is -1.02. The summed E-state index contributed by atoms with van der Waals surface area (Å²) in [7, 11) is -3.99. The fraction of sp³-hybridized carbons (Fsp3) is 0.176. The summed E-state index contributed by atoms with van der Waals surface area (Å²) in [6.45, 7) is 2.76. The maximum absolute atomic E-state index is 12.9. The van der Waals surface area contributed by atoms with Gasteiger partial charge < -0.3 is 11.1 Å². The number of rotatable bonds is 6. The number of benzene rings is 2. The SMILES string of the molecule is CC(=O)Nc1ccc(S(=O)(=O)N(CC(N)=O)c2ccc(C)cc2)cc1. The minimum absolute atomic E-state index is 0.0107. The first-order chi connectivity index (χ1) is 11.7. The number of carbonyl (C=O) groups is 2. The van der Waals surface area contributed by atoms with E-state index >= 15 is 0 Å². The van der Waals surface area contributed by atoms with Crippen molar-refractivity contribution in [2.75, 3.05) is 16.2 Å². The van der Waals surface area contributed by atoms with Gasteiger partial charge in [0, 0.05) is 12.6 Å². The molecule has 0 aromatic heterocycles. The Kier molecular flexibility index (Phi) is 5.43. The van der Waals surface area contributed by atoms with Gasteiger partial charge in [0.05, 0.1) is 10.6 Å². The molecule has 8 heteroatoms. The number of carbonyl (C=O) groups excluding carboxylic acids is 2. The van der Waals surface area contributed by atoms with Crippen molar-refractivity contribution in [2.45, 2.75) is 18.7 Å². The molecule has 7 nitrogen and oxygen atoms in total. The summed E-state index contributed by atoms with van der Waals surface area (Å²) in [6, 6.07) is 12.4. The van der Waals surface area contributed by atoms with Crippen LogP contribution in [0.3, 0.4) is 0 Å². The smallest absolute Gasteiger partial charge is 0.264 e. The lowest BCUT2D eigenvalue weighted by Gasteiger charge is -2.23. The van der Waals surface area contributed by atoms with Gasteiger partial charge in [-0.05, 0) is 43.3 Å². The maximum atomic E-state index is 12.9. The van der Waals surface area contributed by atoms with Crippen LogP contribution in [0.15, 0.2) is 53.4 Å². The molecule has 0 spiro atoms. The van der Waals surface area contributed by atoms with Gasteiger partial charge in [-0.2, -0.15) is 0 Å². The Morgan fingerprint density at radius 1 is 1.04 bits per heavy atom. The van der Waals surface area contributed by atoms with Crippen molar-refractivity contribution in [1.82, 2.24) is 0 Å². The third kappa shape index (κ3) is 4.57. The van der Waals surface area contributed by atoms with Gasteiger partial charge >= 0.3 is 0 Å². The van der Waals surface area contributed by atoms with Crippen molar-refractivity contribution < 1.29 is 18.0 Å². The first kappa shape index (κ1) is 18.5.